The lowest BCUT2D eigenvalue weighted by molar-refractivity contribution is -0.142. The van der Waals surface area contributed by atoms with Crippen molar-refractivity contribution in [1.82, 2.24) is 20.6 Å². The Morgan fingerprint density at radius 1 is 1.26 bits per heavy atom. The molecule has 0 aliphatic rings. The van der Waals surface area contributed by atoms with Gasteiger partial charge < -0.3 is 32.2 Å². The highest BCUT2D eigenvalue weighted by Crippen LogP contribution is 2.01. The van der Waals surface area contributed by atoms with E-state index in [-0.39, 0.29) is 13.0 Å². The van der Waals surface area contributed by atoms with E-state index in [2.05, 4.69) is 20.6 Å². The minimum Gasteiger partial charge on any atom is -0.480 e. The molecule has 2 unspecified atom stereocenters. The van der Waals surface area contributed by atoms with E-state index in [4.69, 9.17) is 16.6 Å². The fourth-order valence-electron chi connectivity index (χ4n) is 1.75. The van der Waals surface area contributed by atoms with Gasteiger partial charge in [0.05, 0.1) is 19.3 Å². The minimum absolute atomic E-state index is 0.0464. The zero-order chi connectivity index (χ0) is 17.4. The molecule has 0 aromatic carbocycles. The summed E-state index contributed by atoms with van der Waals surface area (Å²) in [4.78, 5) is 52.1. The van der Waals surface area contributed by atoms with Gasteiger partial charge in [0.25, 0.3) is 0 Å². The number of aliphatic carboxylic acids is 1. The van der Waals surface area contributed by atoms with Crippen LogP contribution in [0, 0.1) is 0 Å². The van der Waals surface area contributed by atoms with Gasteiger partial charge in [-0.05, 0) is 0 Å². The lowest BCUT2D eigenvalue weighted by Crippen LogP contribution is -2.54. The van der Waals surface area contributed by atoms with Crippen molar-refractivity contribution < 1.29 is 24.3 Å². The summed E-state index contributed by atoms with van der Waals surface area (Å²) in [5.41, 5.74) is 10.6. The van der Waals surface area contributed by atoms with Crippen LogP contribution in [0.4, 0.5) is 0 Å². The Bertz CT molecular complexity index is 573. The topological polar surface area (TPSA) is 193 Å². The summed E-state index contributed by atoms with van der Waals surface area (Å²) in [6.07, 6.45) is 2.26. The van der Waals surface area contributed by atoms with Crippen LogP contribution >= 0.6 is 0 Å². The van der Waals surface area contributed by atoms with Gasteiger partial charge in [-0.25, -0.2) is 9.78 Å². The molecule has 0 bridgehead atoms. The molecule has 0 saturated carbocycles. The van der Waals surface area contributed by atoms with Gasteiger partial charge >= 0.3 is 5.97 Å². The standard InChI is InChI=1S/C12H18N6O5/c13-3-10(20)17-7(2-9(14)19)11(21)18-8(12(22)23)1-6-4-15-5-16-6/h4-5,7-8H,1-3,13H2,(H2,14,19)(H,15,16)(H,17,20)(H,18,21)(H,22,23). The second-order valence-corrected chi connectivity index (χ2v) is 4.68. The molecule has 0 saturated heterocycles. The number of hydrogen-bond acceptors (Lipinski definition) is 6. The molecular weight excluding hydrogens is 308 g/mol. The summed E-state index contributed by atoms with van der Waals surface area (Å²) in [6, 6.07) is -2.57. The molecule has 0 aliphatic heterocycles. The number of aromatic nitrogens is 2. The van der Waals surface area contributed by atoms with Gasteiger partial charge in [0.15, 0.2) is 0 Å². The maximum atomic E-state index is 12.1. The van der Waals surface area contributed by atoms with Crippen LogP contribution in [0.25, 0.3) is 0 Å². The molecule has 1 rings (SSSR count). The number of H-pyrrole nitrogens is 1. The molecule has 126 valence electrons. The van der Waals surface area contributed by atoms with Crippen LogP contribution in [0.15, 0.2) is 12.5 Å². The minimum atomic E-state index is -1.30. The van der Waals surface area contributed by atoms with E-state index in [1.165, 1.54) is 12.5 Å². The number of carboxylic acids is 1. The Morgan fingerprint density at radius 3 is 2.43 bits per heavy atom. The summed E-state index contributed by atoms with van der Waals surface area (Å²) in [5.74, 6) is -3.64. The van der Waals surface area contributed by atoms with Crippen LogP contribution in [0.1, 0.15) is 12.1 Å². The first kappa shape index (κ1) is 18.1. The molecule has 1 aromatic rings. The zero-order valence-electron chi connectivity index (χ0n) is 12.1. The third-order valence-electron chi connectivity index (χ3n) is 2.84. The van der Waals surface area contributed by atoms with Gasteiger partial charge in [0, 0.05) is 18.3 Å². The first-order valence-corrected chi connectivity index (χ1v) is 6.61. The molecule has 1 heterocycles. The lowest BCUT2D eigenvalue weighted by atomic mass is 10.1. The summed E-state index contributed by atoms with van der Waals surface area (Å²) >= 11 is 0. The number of imidazole rings is 1. The second-order valence-electron chi connectivity index (χ2n) is 4.68. The monoisotopic (exact) mass is 326 g/mol. The maximum Gasteiger partial charge on any atom is 0.326 e. The fraction of sp³-hybridized carbons (Fsp3) is 0.417. The van der Waals surface area contributed by atoms with Gasteiger partial charge in [-0.2, -0.15) is 0 Å². The Morgan fingerprint density at radius 2 is 1.96 bits per heavy atom. The van der Waals surface area contributed by atoms with Gasteiger partial charge in [-0.15, -0.1) is 0 Å². The number of carbonyl (C=O) groups is 4. The SMILES string of the molecule is NCC(=O)NC(CC(N)=O)C(=O)NC(Cc1cnc[nH]1)C(=O)O. The number of amides is 3. The largest absolute Gasteiger partial charge is 0.480 e. The summed E-state index contributed by atoms with van der Waals surface area (Å²) in [7, 11) is 0. The number of nitrogens with two attached hydrogens (primary N) is 2. The van der Waals surface area contributed by atoms with E-state index in [0.717, 1.165) is 0 Å². The average Bonchev–Trinajstić information content (AvgIpc) is 2.97. The summed E-state index contributed by atoms with van der Waals surface area (Å²) in [5, 5.41) is 13.6. The number of carboxylic acid groups (broad SMARTS) is 1. The molecule has 23 heavy (non-hydrogen) atoms. The van der Waals surface area contributed by atoms with E-state index in [0.29, 0.717) is 5.69 Å². The van der Waals surface area contributed by atoms with Crippen molar-refractivity contribution in [3.63, 3.8) is 0 Å². The number of aromatic amines is 1. The number of carbonyl (C=O) groups excluding carboxylic acids is 3. The third-order valence-corrected chi connectivity index (χ3v) is 2.84. The lowest BCUT2D eigenvalue weighted by Gasteiger charge is -2.20. The molecular formula is C12H18N6O5. The molecule has 11 nitrogen and oxygen atoms in total. The normalized spacial score (nSPS) is 12.9. The molecule has 2 atom stereocenters. The van der Waals surface area contributed by atoms with Crippen LogP contribution in [0.3, 0.4) is 0 Å². The highest BCUT2D eigenvalue weighted by atomic mass is 16.4. The van der Waals surface area contributed by atoms with Gasteiger partial charge in [0.1, 0.15) is 12.1 Å². The van der Waals surface area contributed by atoms with E-state index in [9.17, 15) is 19.2 Å². The van der Waals surface area contributed by atoms with Crippen molar-refractivity contribution in [2.24, 2.45) is 11.5 Å². The highest BCUT2D eigenvalue weighted by Gasteiger charge is 2.27. The van der Waals surface area contributed by atoms with E-state index < -0.39 is 42.2 Å². The van der Waals surface area contributed by atoms with Gasteiger partial charge in [-0.3, -0.25) is 14.4 Å². The first-order valence-electron chi connectivity index (χ1n) is 6.61. The smallest absolute Gasteiger partial charge is 0.326 e. The van der Waals surface area contributed by atoms with Crippen LogP contribution in [-0.2, 0) is 25.6 Å². The van der Waals surface area contributed by atoms with E-state index >= 15 is 0 Å². The van der Waals surface area contributed by atoms with Crippen LogP contribution in [0.2, 0.25) is 0 Å². The van der Waals surface area contributed by atoms with Crippen LogP contribution < -0.4 is 22.1 Å². The molecule has 0 fully saturated rings. The first-order chi connectivity index (χ1) is 10.8. The molecule has 0 spiro atoms. The van der Waals surface area contributed by atoms with Crippen molar-refractivity contribution in [2.45, 2.75) is 24.9 Å². The number of hydrogen-bond donors (Lipinski definition) is 6. The highest BCUT2D eigenvalue weighted by molar-refractivity contribution is 5.93. The molecule has 0 aliphatic carbocycles. The Kier molecular flexibility index (Phi) is 6.68. The van der Waals surface area contributed by atoms with Crippen molar-refractivity contribution in [3.05, 3.63) is 18.2 Å². The number of nitrogens with zero attached hydrogens (tertiary/aromatic N) is 1. The third kappa shape index (κ3) is 6.13. The molecule has 8 N–H and O–H groups in total. The molecule has 3 amide bonds. The summed E-state index contributed by atoms with van der Waals surface area (Å²) in [6.45, 7) is -0.390. The number of nitrogens with one attached hydrogen (secondary N) is 3. The van der Waals surface area contributed by atoms with Crippen molar-refractivity contribution >= 4 is 23.7 Å². The van der Waals surface area contributed by atoms with E-state index in [1.807, 2.05) is 0 Å². The van der Waals surface area contributed by atoms with Crippen LogP contribution in [0.5, 0.6) is 0 Å². The van der Waals surface area contributed by atoms with E-state index in [1.54, 1.807) is 0 Å². The zero-order valence-corrected chi connectivity index (χ0v) is 12.1. The quantitative estimate of drug-likeness (QED) is 0.275. The predicted octanol–water partition coefficient (Wildman–Crippen LogP) is -3.16. The number of rotatable bonds is 9. The summed E-state index contributed by atoms with van der Waals surface area (Å²) < 4.78 is 0. The Labute approximate surface area is 130 Å². The van der Waals surface area contributed by atoms with Crippen molar-refractivity contribution in [2.75, 3.05) is 6.54 Å². The van der Waals surface area contributed by atoms with Crippen molar-refractivity contribution in [3.8, 4) is 0 Å². The maximum absolute atomic E-state index is 12.1. The Balaban J connectivity index is 2.77. The van der Waals surface area contributed by atoms with Crippen LogP contribution in [-0.4, -0.2) is 57.4 Å². The fourth-order valence-corrected chi connectivity index (χ4v) is 1.75. The Hall–Kier alpha value is -2.95. The van der Waals surface area contributed by atoms with Gasteiger partial charge in [-0.1, -0.05) is 0 Å². The second kappa shape index (κ2) is 8.48. The molecule has 11 heteroatoms. The average molecular weight is 326 g/mol. The number of primary amides is 1. The predicted molar refractivity (Wildman–Crippen MR) is 76.7 cm³/mol. The van der Waals surface area contributed by atoms with Crippen molar-refractivity contribution in [1.29, 1.82) is 0 Å². The molecule has 0 radical (unpaired) electrons. The molecule has 1 aromatic heterocycles. The van der Waals surface area contributed by atoms with Gasteiger partial charge in [0.2, 0.25) is 17.7 Å².